The molecule has 1 aromatic carbocycles. The molecule has 0 aliphatic carbocycles. The topological polar surface area (TPSA) is 9.23 Å². The van der Waals surface area contributed by atoms with Gasteiger partial charge in [-0.2, -0.15) is 0 Å². The summed E-state index contributed by atoms with van der Waals surface area (Å²) in [6.07, 6.45) is 9.30. The van der Waals surface area contributed by atoms with E-state index in [-0.39, 0.29) is 6.10 Å². The maximum Gasteiger partial charge on any atom is 0.121 e. The summed E-state index contributed by atoms with van der Waals surface area (Å²) in [7, 11) is 0. The van der Waals surface area contributed by atoms with E-state index in [1.165, 1.54) is 22.3 Å². The highest BCUT2D eigenvalue weighted by atomic mass is 16.5. The van der Waals surface area contributed by atoms with Gasteiger partial charge in [0.25, 0.3) is 0 Å². The van der Waals surface area contributed by atoms with Gasteiger partial charge in [-0.25, -0.2) is 0 Å². The second-order valence-corrected chi connectivity index (χ2v) is 7.95. The Morgan fingerprint density at radius 2 is 1.44 bits per heavy atom. The highest BCUT2D eigenvalue weighted by Crippen LogP contribution is 2.36. The fourth-order valence-corrected chi connectivity index (χ4v) is 3.17. The van der Waals surface area contributed by atoms with E-state index in [4.69, 9.17) is 4.74 Å². The van der Waals surface area contributed by atoms with Crippen molar-refractivity contribution in [1.82, 2.24) is 0 Å². The number of ether oxygens (including phenoxy) is 1. The van der Waals surface area contributed by atoms with Crippen LogP contribution in [0.2, 0.25) is 0 Å². The van der Waals surface area contributed by atoms with E-state index in [0.717, 1.165) is 19.3 Å². The summed E-state index contributed by atoms with van der Waals surface area (Å²) in [5.41, 5.74) is 5.68. The minimum Gasteiger partial charge on any atom is -0.494 e. The quantitative estimate of drug-likeness (QED) is 0.238. The number of hydrogen-bond donors (Lipinski definition) is 0. The predicted molar refractivity (Wildman–Crippen MR) is 111 cm³/mol. The summed E-state index contributed by atoms with van der Waals surface area (Å²) in [5.74, 6) is 1.53. The van der Waals surface area contributed by atoms with Crippen molar-refractivity contribution < 1.29 is 4.74 Å². The average Bonchev–Trinajstić information content (AvgIpc) is 2.56. The molecular formula is C24H38O. The molecule has 0 heterocycles. The summed E-state index contributed by atoms with van der Waals surface area (Å²) in [6, 6.07) is 4.79. The van der Waals surface area contributed by atoms with Gasteiger partial charge < -0.3 is 4.74 Å². The summed E-state index contributed by atoms with van der Waals surface area (Å²) >= 11 is 0. The van der Waals surface area contributed by atoms with E-state index in [2.05, 4.69) is 73.3 Å². The highest BCUT2D eigenvalue weighted by Gasteiger charge is 2.21. The first-order chi connectivity index (χ1) is 11.8. The van der Waals surface area contributed by atoms with Crippen LogP contribution in [0.5, 0.6) is 0 Å². The number of benzene rings is 1. The molecule has 0 aliphatic rings. The van der Waals surface area contributed by atoms with Crippen LogP contribution in [-0.4, -0.2) is 0 Å². The van der Waals surface area contributed by atoms with Crippen LogP contribution in [-0.2, 0) is 4.74 Å². The van der Waals surface area contributed by atoms with Gasteiger partial charge in [0.05, 0.1) is 6.26 Å². The Morgan fingerprint density at radius 3 is 1.88 bits per heavy atom. The molecule has 0 saturated carbocycles. The first-order valence-corrected chi connectivity index (χ1v) is 9.88. The van der Waals surface area contributed by atoms with Gasteiger partial charge in [-0.3, -0.25) is 0 Å². The predicted octanol–water partition coefficient (Wildman–Crippen LogP) is 8.00. The van der Waals surface area contributed by atoms with E-state index in [0.29, 0.717) is 17.8 Å². The molecule has 0 bridgehead atoms. The standard InChI is InChI=1S/C24H38O/c1-9-10-11-12-13-14-25-20(8)24-22(18(4)5)15-21(17(2)3)16-23(24)19(6)7/h9,13-20H,1,10-12H2,2-8H3/b14-13-/t20-/m0/s1. The van der Waals surface area contributed by atoms with Crippen LogP contribution >= 0.6 is 0 Å². The second kappa shape index (κ2) is 10.5. The van der Waals surface area contributed by atoms with E-state index < -0.39 is 0 Å². The third-order valence-corrected chi connectivity index (χ3v) is 4.74. The molecule has 1 heteroatoms. The van der Waals surface area contributed by atoms with Gasteiger partial charge in [0.2, 0.25) is 0 Å². The largest absolute Gasteiger partial charge is 0.494 e. The SMILES string of the molecule is C=CCCC/C=C\O[C@@H](C)c1c(C(C)C)cc(C(C)C)cc1C(C)C. The molecular weight excluding hydrogens is 304 g/mol. The molecule has 0 aliphatic heterocycles. The lowest BCUT2D eigenvalue weighted by molar-refractivity contribution is 0.161. The Morgan fingerprint density at radius 1 is 0.880 bits per heavy atom. The Kier molecular flexibility index (Phi) is 9.03. The summed E-state index contributed by atoms with van der Waals surface area (Å²) in [4.78, 5) is 0. The lowest BCUT2D eigenvalue weighted by atomic mass is 9.82. The van der Waals surface area contributed by atoms with Crippen LogP contribution in [0.4, 0.5) is 0 Å². The van der Waals surface area contributed by atoms with Crippen molar-refractivity contribution in [3.63, 3.8) is 0 Å². The molecule has 25 heavy (non-hydrogen) atoms. The smallest absolute Gasteiger partial charge is 0.121 e. The highest BCUT2D eigenvalue weighted by molar-refractivity contribution is 5.44. The van der Waals surface area contributed by atoms with Gasteiger partial charge in [0.1, 0.15) is 6.10 Å². The van der Waals surface area contributed by atoms with Crippen LogP contribution in [0.15, 0.2) is 37.1 Å². The molecule has 0 N–H and O–H groups in total. The lowest BCUT2D eigenvalue weighted by Gasteiger charge is -2.26. The van der Waals surface area contributed by atoms with Crippen LogP contribution in [0.3, 0.4) is 0 Å². The molecule has 0 radical (unpaired) electrons. The zero-order valence-electron chi connectivity index (χ0n) is 17.4. The Bertz CT molecular complexity index is 534. The molecule has 0 spiro atoms. The average molecular weight is 343 g/mol. The van der Waals surface area contributed by atoms with Gasteiger partial charge >= 0.3 is 0 Å². The summed E-state index contributed by atoms with van der Waals surface area (Å²) < 4.78 is 6.08. The van der Waals surface area contributed by atoms with Crippen LogP contribution in [0, 0.1) is 0 Å². The maximum atomic E-state index is 6.08. The molecule has 0 aromatic heterocycles. The third kappa shape index (κ3) is 6.38. The lowest BCUT2D eigenvalue weighted by Crippen LogP contribution is -2.10. The van der Waals surface area contributed by atoms with Crippen molar-refractivity contribution >= 4 is 0 Å². The molecule has 1 nitrogen and oxygen atoms in total. The van der Waals surface area contributed by atoms with Gasteiger partial charge in [-0.1, -0.05) is 59.8 Å². The number of unbranched alkanes of at least 4 members (excludes halogenated alkanes) is 2. The number of hydrogen-bond acceptors (Lipinski definition) is 1. The fourth-order valence-electron chi connectivity index (χ4n) is 3.17. The van der Waals surface area contributed by atoms with Gasteiger partial charge in [0, 0.05) is 0 Å². The molecule has 1 atom stereocenters. The molecule has 140 valence electrons. The molecule has 0 saturated heterocycles. The van der Waals surface area contributed by atoms with E-state index in [1.54, 1.807) is 0 Å². The molecule has 1 aromatic rings. The zero-order chi connectivity index (χ0) is 19.0. The maximum absolute atomic E-state index is 6.08. The molecule has 1 rings (SSSR count). The van der Waals surface area contributed by atoms with Crippen molar-refractivity contribution in [2.45, 2.75) is 91.6 Å². The normalized spacial score (nSPS) is 13.2. The van der Waals surface area contributed by atoms with Gasteiger partial charge in [-0.15, -0.1) is 6.58 Å². The van der Waals surface area contributed by atoms with Crippen molar-refractivity contribution in [2.75, 3.05) is 0 Å². The van der Waals surface area contributed by atoms with Crippen molar-refractivity contribution in [1.29, 1.82) is 0 Å². The zero-order valence-corrected chi connectivity index (χ0v) is 17.4. The van der Waals surface area contributed by atoms with Crippen molar-refractivity contribution in [3.05, 3.63) is 59.4 Å². The molecule has 0 amide bonds. The van der Waals surface area contributed by atoms with E-state index >= 15 is 0 Å². The summed E-state index contributed by atoms with van der Waals surface area (Å²) in [6.45, 7) is 19.6. The third-order valence-electron chi connectivity index (χ3n) is 4.74. The van der Waals surface area contributed by atoms with Gasteiger partial charge in [0.15, 0.2) is 0 Å². The van der Waals surface area contributed by atoms with Crippen LogP contribution in [0.25, 0.3) is 0 Å². The second-order valence-electron chi connectivity index (χ2n) is 7.95. The van der Waals surface area contributed by atoms with Crippen LogP contribution in [0.1, 0.15) is 114 Å². The van der Waals surface area contributed by atoms with E-state index in [1.807, 2.05) is 12.3 Å². The Balaban J connectivity index is 3.11. The number of rotatable bonds is 10. The summed E-state index contributed by atoms with van der Waals surface area (Å²) in [5, 5.41) is 0. The molecule has 0 fully saturated rings. The number of allylic oxidation sites excluding steroid dienone is 2. The first kappa shape index (κ1) is 21.5. The molecule has 0 unspecified atom stereocenters. The van der Waals surface area contributed by atoms with Crippen molar-refractivity contribution in [2.24, 2.45) is 0 Å². The first-order valence-electron chi connectivity index (χ1n) is 9.88. The minimum atomic E-state index is 0.0756. The van der Waals surface area contributed by atoms with E-state index in [9.17, 15) is 0 Å². The Labute approximate surface area is 156 Å². The van der Waals surface area contributed by atoms with Crippen molar-refractivity contribution in [3.8, 4) is 0 Å². The van der Waals surface area contributed by atoms with Crippen LogP contribution < -0.4 is 0 Å². The monoisotopic (exact) mass is 342 g/mol. The minimum absolute atomic E-state index is 0.0756. The fraction of sp³-hybridized carbons (Fsp3) is 0.583. The van der Waals surface area contributed by atoms with Gasteiger partial charge in [-0.05, 0) is 72.3 Å². The Hall–Kier alpha value is -1.50.